The van der Waals surface area contributed by atoms with Crippen molar-refractivity contribution in [3.63, 3.8) is 0 Å². The van der Waals surface area contributed by atoms with Gasteiger partial charge in [0, 0.05) is 17.7 Å². The Hall–Kier alpha value is -0.740. The van der Waals surface area contributed by atoms with Gasteiger partial charge < -0.3 is 5.32 Å². The van der Waals surface area contributed by atoms with Crippen LogP contribution >= 0.6 is 11.3 Å². The molecule has 0 amide bonds. The second-order valence-corrected chi connectivity index (χ2v) is 7.12. The summed E-state index contributed by atoms with van der Waals surface area (Å²) in [5.74, 6) is 1.45. The molecule has 0 radical (unpaired) electrons. The van der Waals surface area contributed by atoms with Crippen LogP contribution in [0.4, 0.5) is 0 Å². The van der Waals surface area contributed by atoms with Gasteiger partial charge in [-0.15, -0.1) is 11.3 Å². The number of nitrogens with one attached hydrogen (secondary N) is 1. The van der Waals surface area contributed by atoms with Crippen molar-refractivity contribution in [3.8, 4) is 0 Å². The maximum absolute atomic E-state index is 12.3. The summed E-state index contributed by atoms with van der Waals surface area (Å²) >= 11 is 1.69. The largest absolute Gasteiger partial charge is 0.317 e. The molecule has 20 heavy (non-hydrogen) atoms. The summed E-state index contributed by atoms with van der Waals surface area (Å²) < 4.78 is 0. The van der Waals surface area contributed by atoms with Gasteiger partial charge in [0.15, 0.2) is 5.78 Å². The molecule has 1 saturated carbocycles. The number of carbonyl (C=O) groups excluding carboxylic acids is 1. The Morgan fingerprint density at radius 2 is 1.95 bits per heavy atom. The summed E-state index contributed by atoms with van der Waals surface area (Å²) in [4.78, 5) is 17.0. The zero-order valence-corrected chi connectivity index (χ0v) is 12.9. The summed E-state index contributed by atoms with van der Waals surface area (Å²) in [6.45, 7) is 2.16. The molecular weight excluding hydrogens is 268 g/mol. The Kier molecular flexibility index (Phi) is 4.84. The van der Waals surface area contributed by atoms with Gasteiger partial charge in [-0.3, -0.25) is 4.79 Å². The zero-order chi connectivity index (χ0) is 13.8. The van der Waals surface area contributed by atoms with E-state index < -0.39 is 0 Å². The van der Waals surface area contributed by atoms with Crippen LogP contribution in [0.3, 0.4) is 0 Å². The molecular formula is C16H24N2OS. The number of rotatable bonds is 4. The first-order valence-electron chi connectivity index (χ1n) is 8.02. The van der Waals surface area contributed by atoms with Crippen LogP contribution in [-0.4, -0.2) is 23.9 Å². The Morgan fingerprint density at radius 3 is 2.70 bits per heavy atom. The molecule has 3 nitrogen and oxygen atoms in total. The number of hydrogen-bond donors (Lipinski definition) is 1. The summed E-state index contributed by atoms with van der Waals surface area (Å²) in [6, 6.07) is 0. The van der Waals surface area contributed by atoms with E-state index in [1.54, 1.807) is 11.3 Å². The molecule has 2 aliphatic rings. The lowest BCUT2D eigenvalue weighted by molar-refractivity contribution is 0.0945. The van der Waals surface area contributed by atoms with Gasteiger partial charge in [0.05, 0.1) is 5.01 Å². The van der Waals surface area contributed by atoms with E-state index in [2.05, 4.69) is 10.3 Å². The minimum atomic E-state index is 0.272. The highest BCUT2D eigenvalue weighted by Crippen LogP contribution is 2.30. The molecule has 3 rings (SSSR count). The Bertz CT molecular complexity index is 445. The summed E-state index contributed by atoms with van der Waals surface area (Å²) in [6.07, 6.45) is 9.45. The number of ketones is 1. The second kappa shape index (κ2) is 6.81. The lowest BCUT2D eigenvalue weighted by Crippen LogP contribution is -2.26. The number of aromatic nitrogens is 1. The first-order valence-corrected chi connectivity index (χ1v) is 8.90. The maximum Gasteiger partial charge on any atom is 0.182 e. The molecule has 1 aromatic rings. The molecule has 0 unspecified atom stereocenters. The third-order valence-electron chi connectivity index (χ3n) is 4.69. The molecule has 1 aromatic heterocycles. The lowest BCUT2D eigenvalue weighted by atomic mass is 9.85. The van der Waals surface area contributed by atoms with Gasteiger partial charge in [-0.1, -0.05) is 32.1 Å². The van der Waals surface area contributed by atoms with Crippen molar-refractivity contribution in [1.82, 2.24) is 10.3 Å². The molecule has 4 heteroatoms. The highest BCUT2D eigenvalue weighted by atomic mass is 32.1. The van der Waals surface area contributed by atoms with Crippen LogP contribution in [0, 0.1) is 5.92 Å². The van der Waals surface area contributed by atoms with Gasteiger partial charge in [0.1, 0.15) is 5.69 Å². The van der Waals surface area contributed by atoms with Gasteiger partial charge in [-0.25, -0.2) is 4.98 Å². The zero-order valence-electron chi connectivity index (χ0n) is 12.1. The third kappa shape index (κ3) is 3.47. The van der Waals surface area contributed by atoms with Crippen molar-refractivity contribution < 1.29 is 4.79 Å². The van der Waals surface area contributed by atoms with E-state index in [-0.39, 0.29) is 5.78 Å². The fraction of sp³-hybridized carbons (Fsp3) is 0.750. The predicted octanol–water partition coefficient (Wildman–Crippen LogP) is 3.76. The average Bonchev–Trinajstić information content (AvgIpc) is 2.99. The van der Waals surface area contributed by atoms with Crippen LogP contribution in [0.25, 0.3) is 0 Å². The number of thiazole rings is 1. The van der Waals surface area contributed by atoms with Crippen LogP contribution in [0.15, 0.2) is 5.38 Å². The molecule has 1 aliphatic heterocycles. The smallest absolute Gasteiger partial charge is 0.182 e. The first kappa shape index (κ1) is 14.2. The van der Waals surface area contributed by atoms with Crippen LogP contribution in [0.1, 0.15) is 72.8 Å². The van der Waals surface area contributed by atoms with E-state index in [9.17, 15) is 4.79 Å². The number of hydrogen-bond acceptors (Lipinski definition) is 4. The first-order chi connectivity index (χ1) is 9.83. The van der Waals surface area contributed by atoms with Crippen LogP contribution in [0.2, 0.25) is 0 Å². The van der Waals surface area contributed by atoms with E-state index in [0.29, 0.717) is 11.8 Å². The molecule has 2 fully saturated rings. The molecule has 1 saturated heterocycles. The number of nitrogens with zero attached hydrogens (tertiary/aromatic N) is 1. The Balaban J connectivity index is 1.58. The predicted molar refractivity (Wildman–Crippen MR) is 82.5 cm³/mol. The molecule has 1 aliphatic carbocycles. The minimum Gasteiger partial charge on any atom is -0.317 e. The van der Waals surface area contributed by atoms with Crippen molar-refractivity contribution in [2.45, 2.75) is 57.3 Å². The maximum atomic E-state index is 12.3. The quantitative estimate of drug-likeness (QED) is 0.859. The average molecular weight is 292 g/mol. The minimum absolute atomic E-state index is 0.272. The number of piperidine rings is 1. The normalized spacial score (nSPS) is 22.0. The van der Waals surface area contributed by atoms with E-state index in [0.717, 1.165) is 38.0 Å². The fourth-order valence-corrected chi connectivity index (χ4v) is 4.43. The fourth-order valence-electron chi connectivity index (χ4n) is 3.43. The second-order valence-electron chi connectivity index (χ2n) is 6.23. The van der Waals surface area contributed by atoms with Crippen molar-refractivity contribution in [2.75, 3.05) is 13.1 Å². The van der Waals surface area contributed by atoms with E-state index in [1.807, 2.05) is 5.38 Å². The Morgan fingerprint density at radius 1 is 1.20 bits per heavy atom. The lowest BCUT2D eigenvalue weighted by Gasteiger charge is -2.20. The third-order valence-corrected chi connectivity index (χ3v) is 5.70. The summed E-state index contributed by atoms with van der Waals surface area (Å²) in [7, 11) is 0. The standard InChI is InChI=1S/C16H24N2OS/c19-15(10-12-4-2-1-3-5-12)14-11-20-16(18-14)13-6-8-17-9-7-13/h11-13,17H,1-10H2. The molecule has 0 aromatic carbocycles. The van der Waals surface area contributed by atoms with Crippen LogP contribution < -0.4 is 5.32 Å². The van der Waals surface area contributed by atoms with Crippen molar-refractivity contribution in [2.24, 2.45) is 5.92 Å². The topological polar surface area (TPSA) is 42.0 Å². The van der Waals surface area contributed by atoms with Crippen molar-refractivity contribution in [1.29, 1.82) is 0 Å². The molecule has 110 valence electrons. The SMILES string of the molecule is O=C(CC1CCCCC1)c1csc(C2CCNCC2)n1. The van der Waals surface area contributed by atoms with Gasteiger partial charge >= 0.3 is 0 Å². The molecule has 2 heterocycles. The van der Waals surface area contributed by atoms with Crippen molar-refractivity contribution in [3.05, 3.63) is 16.1 Å². The van der Waals surface area contributed by atoms with Gasteiger partial charge in [0.2, 0.25) is 0 Å². The molecule has 0 atom stereocenters. The molecule has 0 bridgehead atoms. The van der Waals surface area contributed by atoms with E-state index in [4.69, 9.17) is 0 Å². The number of Topliss-reactive ketones (excluding diaryl/α,β-unsaturated/α-hetero) is 1. The van der Waals surface area contributed by atoms with Gasteiger partial charge in [-0.05, 0) is 31.8 Å². The monoisotopic (exact) mass is 292 g/mol. The molecule has 0 spiro atoms. The van der Waals surface area contributed by atoms with Crippen molar-refractivity contribution >= 4 is 17.1 Å². The van der Waals surface area contributed by atoms with Crippen LogP contribution in [0.5, 0.6) is 0 Å². The highest BCUT2D eigenvalue weighted by Gasteiger charge is 2.22. The van der Waals surface area contributed by atoms with Crippen LogP contribution in [-0.2, 0) is 0 Å². The summed E-state index contributed by atoms with van der Waals surface area (Å²) in [5, 5.41) is 6.55. The van der Waals surface area contributed by atoms with E-state index in [1.165, 1.54) is 37.1 Å². The highest BCUT2D eigenvalue weighted by molar-refractivity contribution is 7.09. The van der Waals surface area contributed by atoms with Gasteiger partial charge in [-0.2, -0.15) is 0 Å². The summed E-state index contributed by atoms with van der Waals surface area (Å²) in [5.41, 5.74) is 0.731. The molecule has 1 N–H and O–H groups in total. The van der Waals surface area contributed by atoms with Gasteiger partial charge in [0.25, 0.3) is 0 Å². The number of carbonyl (C=O) groups is 1. The Labute approximate surface area is 125 Å². The van der Waals surface area contributed by atoms with E-state index >= 15 is 0 Å².